The summed E-state index contributed by atoms with van der Waals surface area (Å²) in [6.45, 7) is 1.78. The molecule has 0 saturated heterocycles. The van der Waals surface area contributed by atoms with E-state index < -0.39 is 11.9 Å². The van der Waals surface area contributed by atoms with E-state index in [1.807, 2.05) is 0 Å². The second-order valence-corrected chi connectivity index (χ2v) is 2.44. The Morgan fingerprint density at radius 3 is 2.33 bits per heavy atom. The smallest absolute Gasteiger partial charge is 0.307 e. The summed E-state index contributed by atoms with van der Waals surface area (Å²) in [5.41, 5.74) is 0. The van der Waals surface area contributed by atoms with Crippen molar-refractivity contribution in [1.82, 2.24) is 0 Å². The maximum Gasteiger partial charge on any atom is 0.307 e. The van der Waals surface area contributed by atoms with E-state index in [9.17, 15) is 9.59 Å². The van der Waals surface area contributed by atoms with Gasteiger partial charge in [-0.2, -0.15) is 0 Å². The minimum atomic E-state index is -0.848. The van der Waals surface area contributed by atoms with Crippen molar-refractivity contribution in [2.24, 2.45) is 17.8 Å². The molecule has 1 N–H and O–H groups in total. The summed E-state index contributed by atoms with van der Waals surface area (Å²) in [6, 6.07) is 0. The number of hydrogen-bond acceptors (Lipinski definition) is 2. The lowest BCUT2D eigenvalue weighted by Crippen LogP contribution is -2.00. The monoisotopic (exact) mass is 128 g/mol. The molecule has 0 aromatic carbocycles. The predicted octanol–water partition coefficient (Wildman–Crippen LogP) is 0.152. The van der Waals surface area contributed by atoms with E-state index >= 15 is 0 Å². The highest BCUT2D eigenvalue weighted by Crippen LogP contribution is 2.44. The lowest BCUT2D eigenvalue weighted by atomic mass is 10.3. The van der Waals surface area contributed by atoms with E-state index in [1.54, 1.807) is 6.92 Å². The van der Waals surface area contributed by atoms with Gasteiger partial charge in [0.25, 0.3) is 0 Å². The second-order valence-electron chi connectivity index (χ2n) is 2.44. The van der Waals surface area contributed by atoms with E-state index in [2.05, 4.69) is 0 Å². The number of rotatable bonds is 2. The number of carboxylic acid groups (broad SMARTS) is 1. The van der Waals surface area contributed by atoms with Gasteiger partial charge in [0.2, 0.25) is 0 Å². The third-order valence-electron chi connectivity index (χ3n) is 1.89. The number of aliphatic carboxylic acids is 1. The zero-order valence-corrected chi connectivity index (χ0v) is 5.07. The molecule has 0 aliphatic heterocycles. The average molecular weight is 128 g/mol. The number of carboxylic acids is 1. The summed E-state index contributed by atoms with van der Waals surface area (Å²) in [7, 11) is 0. The van der Waals surface area contributed by atoms with Crippen molar-refractivity contribution in [2.75, 3.05) is 0 Å². The highest BCUT2D eigenvalue weighted by atomic mass is 16.4. The Kier molecular flexibility index (Phi) is 1.27. The van der Waals surface area contributed by atoms with Crippen LogP contribution in [0.1, 0.15) is 6.92 Å². The highest BCUT2D eigenvalue weighted by Gasteiger charge is 2.51. The maximum atomic E-state index is 10.2. The molecule has 0 heterocycles. The summed E-state index contributed by atoms with van der Waals surface area (Å²) in [5, 5.41) is 8.37. The van der Waals surface area contributed by atoms with E-state index in [1.165, 1.54) is 0 Å². The van der Waals surface area contributed by atoms with E-state index in [0.717, 1.165) is 6.29 Å². The van der Waals surface area contributed by atoms with Crippen LogP contribution in [0.25, 0.3) is 0 Å². The molecule has 0 bridgehead atoms. The lowest BCUT2D eigenvalue weighted by Gasteiger charge is -1.80. The van der Waals surface area contributed by atoms with Crippen LogP contribution in [0.15, 0.2) is 0 Å². The SMILES string of the molecule is C[C@@H]1[C@H](C=O)[C@H]1C(=O)O. The first kappa shape index (κ1) is 6.26. The molecule has 1 aliphatic rings. The van der Waals surface area contributed by atoms with E-state index in [-0.39, 0.29) is 11.8 Å². The lowest BCUT2D eigenvalue weighted by molar-refractivity contribution is -0.139. The fourth-order valence-electron chi connectivity index (χ4n) is 1.09. The van der Waals surface area contributed by atoms with Crippen LogP contribution < -0.4 is 0 Å². The van der Waals surface area contributed by atoms with Gasteiger partial charge in [0, 0.05) is 5.92 Å². The van der Waals surface area contributed by atoms with Crippen LogP contribution in [0.3, 0.4) is 0 Å². The molecule has 0 spiro atoms. The maximum absolute atomic E-state index is 10.2. The number of hydrogen-bond donors (Lipinski definition) is 1. The third-order valence-corrected chi connectivity index (χ3v) is 1.89. The molecule has 3 nitrogen and oxygen atoms in total. The first-order chi connectivity index (χ1) is 4.18. The summed E-state index contributed by atoms with van der Waals surface area (Å²) < 4.78 is 0. The summed E-state index contributed by atoms with van der Waals surface area (Å²) in [5.74, 6) is -1.41. The second kappa shape index (κ2) is 1.83. The minimum absolute atomic E-state index is 0.0556. The van der Waals surface area contributed by atoms with Crippen LogP contribution >= 0.6 is 0 Å². The van der Waals surface area contributed by atoms with Gasteiger partial charge in [-0.25, -0.2) is 0 Å². The molecule has 0 radical (unpaired) electrons. The van der Waals surface area contributed by atoms with Gasteiger partial charge < -0.3 is 9.90 Å². The summed E-state index contributed by atoms with van der Waals surface area (Å²) >= 11 is 0. The molecule has 0 amide bonds. The van der Waals surface area contributed by atoms with Gasteiger partial charge in [0.05, 0.1) is 5.92 Å². The quantitative estimate of drug-likeness (QED) is 0.538. The minimum Gasteiger partial charge on any atom is -0.481 e. The van der Waals surface area contributed by atoms with Gasteiger partial charge in [-0.3, -0.25) is 4.79 Å². The predicted molar refractivity (Wildman–Crippen MR) is 29.8 cm³/mol. The van der Waals surface area contributed by atoms with Crippen molar-refractivity contribution in [3.63, 3.8) is 0 Å². The number of aldehydes is 1. The molecule has 1 fully saturated rings. The zero-order valence-electron chi connectivity index (χ0n) is 5.07. The van der Waals surface area contributed by atoms with Crippen LogP contribution in [0.4, 0.5) is 0 Å². The van der Waals surface area contributed by atoms with Crippen molar-refractivity contribution in [3.05, 3.63) is 0 Å². The first-order valence-electron chi connectivity index (χ1n) is 2.86. The number of carbonyl (C=O) groups excluding carboxylic acids is 1. The summed E-state index contributed by atoms with van der Waals surface area (Å²) in [6.07, 6.45) is 0.726. The van der Waals surface area contributed by atoms with E-state index in [0.29, 0.717) is 0 Å². The van der Waals surface area contributed by atoms with Crippen LogP contribution in [0.5, 0.6) is 0 Å². The Balaban J connectivity index is 2.51. The molecule has 1 rings (SSSR count). The van der Waals surface area contributed by atoms with Crippen molar-refractivity contribution in [1.29, 1.82) is 0 Å². The molecular weight excluding hydrogens is 120 g/mol. The fraction of sp³-hybridized carbons (Fsp3) is 0.667. The highest BCUT2D eigenvalue weighted by molar-refractivity contribution is 5.81. The Morgan fingerprint density at radius 2 is 2.22 bits per heavy atom. The van der Waals surface area contributed by atoms with Gasteiger partial charge in [-0.15, -0.1) is 0 Å². The molecule has 0 unspecified atom stereocenters. The zero-order chi connectivity index (χ0) is 7.02. The van der Waals surface area contributed by atoms with Crippen molar-refractivity contribution in [2.45, 2.75) is 6.92 Å². The van der Waals surface area contributed by atoms with Gasteiger partial charge in [-0.05, 0) is 5.92 Å². The van der Waals surface area contributed by atoms with Gasteiger partial charge in [-0.1, -0.05) is 6.92 Å². The van der Waals surface area contributed by atoms with Crippen molar-refractivity contribution < 1.29 is 14.7 Å². The van der Waals surface area contributed by atoms with Gasteiger partial charge >= 0.3 is 5.97 Å². The Labute approximate surface area is 52.7 Å². The summed E-state index contributed by atoms with van der Waals surface area (Å²) in [4.78, 5) is 20.2. The van der Waals surface area contributed by atoms with Gasteiger partial charge in [0.15, 0.2) is 0 Å². The van der Waals surface area contributed by atoms with Crippen molar-refractivity contribution >= 4 is 12.3 Å². The molecule has 1 saturated carbocycles. The molecule has 3 atom stereocenters. The van der Waals surface area contributed by atoms with Crippen LogP contribution in [-0.2, 0) is 9.59 Å². The van der Waals surface area contributed by atoms with Crippen molar-refractivity contribution in [3.8, 4) is 0 Å². The van der Waals surface area contributed by atoms with Crippen LogP contribution in [0, 0.1) is 17.8 Å². The Morgan fingerprint density at radius 1 is 1.67 bits per heavy atom. The van der Waals surface area contributed by atoms with Crippen LogP contribution in [-0.4, -0.2) is 17.4 Å². The van der Waals surface area contributed by atoms with Crippen LogP contribution in [0.2, 0.25) is 0 Å². The average Bonchev–Trinajstić information content (AvgIpc) is 2.40. The number of carbonyl (C=O) groups is 2. The Hall–Kier alpha value is -0.860. The molecule has 9 heavy (non-hydrogen) atoms. The topological polar surface area (TPSA) is 54.4 Å². The largest absolute Gasteiger partial charge is 0.481 e. The molecule has 0 aromatic rings. The molecular formula is C6H8O3. The van der Waals surface area contributed by atoms with Gasteiger partial charge in [0.1, 0.15) is 6.29 Å². The fourth-order valence-corrected chi connectivity index (χ4v) is 1.09. The Bertz CT molecular complexity index is 152. The third kappa shape index (κ3) is 0.823. The first-order valence-corrected chi connectivity index (χ1v) is 2.86. The molecule has 50 valence electrons. The van der Waals surface area contributed by atoms with E-state index in [4.69, 9.17) is 5.11 Å². The standard InChI is InChI=1S/C6H8O3/c1-3-4(2-7)5(3)6(8)9/h2-5H,1H3,(H,8,9)/t3-,4+,5+/m1/s1. The normalized spacial score (nSPS) is 39.9. The molecule has 1 aliphatic carbocycles. The molecule has 3 heteroatoms. The molecule has 0 aromatic heterocycles.